The summed E-state index contributed by atoms with van der Waals surface area (Å²) in [6, 6.07) is 19.7. The van der Waals surface area contributed by atoms with Gasteiger partial charge in [0, 0.05) is 13.0 Å². The Morgan fingerprint density at radius 3 is 2.22 bits per heavy atom. The summed E-state index contributed by atoms with van der Waals surface area (Å²) >= 11 is 0. The van der Waals surface area contributed by atoms with Crippen LogP contribution in [0.2, 0.25) is 0 Å². The molecule has 1 atom stereocenters. The first-order valence-corrected chi connectivity index (χ1v) is 10.8. The molecule has 0 radical (unpaired) electrons. The quantitative estimate of drug-likeness (QED) is 0.395. The Kier molecular flexibility index (Phi) is 6.59. The minimum absolute atomic E-state index is 0.111. The summed E-state index contributed by atoms with van der Waals surface area (Å²) in [5, 5.41) is 3.00. The van der Waals surface area contributed by atoms with Crippen molar-refractivity contribution in [2.45, 2.75) is 38.8 Å². The molecule has 0 saturated heterocycles. The van der Waals surface area contributed by atoms with Crippen molar-refractivity contribution in [2.24, 2.45) is 0 Å². The van der Waals surface area contributed by atoms with Gasteiger partial charge in [-0.25, -0.2) is 13.8 Å². The maximum Gasteiger partial charge on any atom is 0.243 e. The molecule has 164 valence electrons. The molecule has 1 N–H and O–H groups in total. The Morgan fingerprint density at radius 2 is 1.56 bits per heavy atom. The molecule has 6 heteroatoms. The van der Waals surface area contributed by atoms with Crippen LogP contribution in [0, 0.1) is 11.6 Å². The van der Waals surface area contributed by atoms with Crippen LogP contribution < -0.4 is 5.32 Å². The van der Waals surface area contributed by atoms with Crippen LogP contribution in [0.15, 0.2) is 72.8 Å². The number of hydrogen-bond donors (Lipinski definition) is 1. The number of hydrogen-bond acceptors (Lipinski definition) is 2. The van der Waals surface area contributed by atoms with Gasteiger partial charge in [-0.2, -0.15) is 0 Å². The van der Waals surface area contributed by atoms with Crippen LogP contribution in [0.1, 0.15) is 42.8 Å². The number of para-hydroxylation sites is 2. The van der Waals surface area contributed by atoms with Gasteiger partial charge in [0.2, 0.25) is 5.91 Å². The Morgan fingerprint density at radius 1 is 0.938 bits per heavy atom. The smallest absolute Gasteiger partial charge is 0.243 e. The van der Waals surface area contributed by atoms with Crippen molar-refractivity contribution < 1.29 is 13.6 Å². The van der Waals surface area contributed by atoms with E-state index in [0.717, 1.165) is 34.4 Å². The molecule has 4 rings (SSSR count). The lowest BCUT2D eigenvalue weighted by Crippen LogP contribution is -2.33. The SMILES string of the molecule is CCCC(C(=O)NCc1ccc(F)cc1)n1c(Cc2ccc(F)cc2)nc2ccccc21. The molecule has 1 heterocycles. The Hall–Kier alpha value is -3.54. The highest BCUT2D eigenvalue weighted by atomic mass is 19.1. The van der Waals surface area contributed by atoms with E-state index in [1.54, 1.807) is 24.3 Å². The fourth-order valence-electron chi connectivity index (χ4n) is 3.91. The summed E-state index contributed by atoms with van der Waals surface area (Å²) in [6.45, 7) is 2.36. The van der Waals surface area contributed by atoms with Gasteiger partial charge in [0.05, 0.1) is 11.0 Å². The van der Waals surface area contributed by atoms with Crippen molar-refractivity contribution in [1.82, 2.24) is 14.9 Å². The van der Waals surface area contributed by atoms with Crippen molar-refractivity contribution in [3.05, 3.63) is 101 Å². The number of amides is 1. The average molecular weight is 434 g/mol. The van der Waals surface area contributed by atoms with Crippen molar-refractivity contribution >= 4 is 16.9 Å². The van der Waals surface area contributed by atoms with Gasteiger partial charge in [0.1, 0.15) is 23.5 Å². The third-order valence-corrected chi connectivity index (χ3v) is 5.50. The summed E-state index contributed by atoms with van der Waals surface area (Å²) < 4.78 is 28.5. The Labute approximate surface area is 185 Å². The fraction of sp³-hybridized carbons (Fsp3) is 0.231. The number of rotatable bonds is 8. The first-order chi connectivity index (χ1) is 15.5. The number of nitrogens with zero attached hydrogens (tertiary/aromatic N) is 2. The maximum absolute atomic E-state index is 13.4. The lowest BCUT2D eigenvalue weighted by molar-refractivity contribution is -0.124. The fourth-order valence-corrected chi connectivity index (χ4v) is 3.91. The van der Waals surface area contributed by atoms with Gasteiger partial charge < -0.3 is 9.88 Å². The van der Waals surface area contributed by atoms with Crippen molar-refractivity contribution in [3.8, 4) is 0 Å². The number of fused-ring (bicyclic) bond motifs is 1. The molecule has 0 spiro atoms. The number of carbonyl (C=O) groups excluding carboxylic acids is 1. The zero-order valence-electron chi connectivity index (χ0n) is 17.9. The van der Waals surface area contributed by atoms with Gasteiger partial charge in [-0.05, 0) is 53.9 Å². The summed E-state index contributed by atoms with van der Waals surface area (Å²) in [7, 11) is 0. The van der Waals surface area contributed by atoms with Crippen molar-refractivity contribution in [2.75, 3.05) is 0 Å². The lowest BCUT2D eigenvalue weighted by atomic mass is 10.1. The predicted molar refractivity (Wildman–Crippen MR) is 121 cm³/mol. The van der Waals surface area contributed by atoms with E-state index < -0.39 is 6.04 Å². The van der Waals surface area contributed by atoms with Gasteiger partial charge in [-0.15, -0.1) is 0 Å². The normalized spacial score (nSPS) is 12.1. The first-order valence-electron chi connectivity index (χ1n) is 10.8. The van der Waals surface area contributed by atoms with E-state index >= 15 is 0 Å². The number of halogens is 2. The highest BCUT2D eigenvalue weighted by Crippen LogP contribution is 2.26. The van der Waals surface area contributed by atoms with E-state index in [1.807, 2.05) is 35.8 Å². The third-order valence-electron chi connectivity index (χ3n) is 5.50. The van der Waals surface area contributed by atoms with Crippen LogP contribution in [0.25, 0.3) is 11.0 Å². The maximum atomic E-state index is 13.4. The van der Waals surface area contributed by atoms with Crippen LogP contribution in [0.5, 0.6) is 0 Å². The van der Waals surface area contributed by atoms with E-state index in [9.17, 15) is 13.6 Å². The molecular formula is C26H25F2N3O. The monoisotopic (exact) mass is 433 g/mol. The molecule has 0 fully saturated rings. The minimum atomic E-state index is -0.441. The van der Waals surface area contributed by atoms with E-state index in [1.165, 1.54) is 24.3 Å². The number of carbonyl (C=O) groups is 1. The van der Waals surface area contributed by atoms with E-state index in [0.29, 0.717) is 19.4 Å². The molecule has 0 bridgehead atoms. The molecule has 1 unspecified atom stereocenters. The van der Waals surface area contributed by atoms with Gasteiger partial charge in [0.25, 0.3) is 0 Å². The Balaban J connectivity index is 1.66. The number of benzene rings is 3. The van der Waals surface area contributed by atoms with Crippen LogP contribution in [0.3, 0.4) is 0 Å². The van der Waals surface area contributed by atoms with Crippen LogP contribution >= 0.6 is 0 Å². The van der Waals surface area contributed by atoms with Crippen molar-refractivity contribution in [1.29, 1.82) is 0 Å². The van der Waals surface area contributed by atoms with Gasteiger partial charge >= 0.3 is 0 Å². The molecule has 3 aromatic carbocycles. The van der Waals surface area contributed by atoms with Crippen LogP contribution in [-0.2, 0) is 17.8 Å². The minimum Gasteiger partial charge on any atom is -0.350 e. The standard InChI is InChI=1S/C26H25F2N3O/c1-2-5-24(26(32)29-17-19-10-14-21(28)15-11-19)31-23-7-4-3-6-22(23)30-25(31)16-18-8-12-20(27)13-9-18/h3-4,6-15,24H,2,5,16-17H2,1H3,(H,29,32). The zero-order valence-corrected chi connectivity index (χ0v) is 17.9. The lowest BCUT2D eigenvalue weighted by Gasteiger charge is -2.21. The summed E-state index contributed by atoms with van der Waals surface area (Å²) in [4.78, 5) is 18.1. The molecular weight excluding hydrogens is 408 g/mol. The van der Waals surface area contributed by atoms with E-state index in [4.69, 9.17) is 4.98 Å². The van der Waals surface area contributed by atoms with Gasteiger partial charge in [-0.1, -0.05) is 49.7 Å². The number of imidazole rings is 1. The molecule has 4 aromatic rings. The molecule has 0 aliphatic heterocycles. The van der Waals surface area contributed by atoms with Crippen LogP contribution in [-0.4, -0.2) is 15.5 Å². The highest BCUT2D eigenvalue weighted by molar-refractivity contribution is 5.84. The second kappa shape index (κ2) is 9.73. The molecule has 4 nitrogen and oxygen atoms in total. The predicted octanol–water partition coefficient (Wildman–Crippen LogP) is 5.56. The summed E-state index contributed by atoms with van der Waals surface area (Å²) in [5.41, 5.74) is 3.46. The Bertz CT molecular complexity index is 1200. The summed E-state index contributed by atoms with van der Waals surface area (Å²) in [6.07, 6.45) is 1.95. The summed E-state index contributed by atoms with van der Waals surface area (Å²) in [5.74, 6) is 0.0541. The van der Waals surface area contributed by atoms with Crippen molar-refractivity contribution in [3.63, 3.8) is 0 Å². The highest BCUT2D eigenvalue weighted by Gasteiger charge is 2.25. The molecule has 0 aliphatic carbocycles. The second-order valence-electron chi connectivity index (χ2n) is 7.84. The molecule has 0 saturated carbocycles. The second-order valence-corrected chi connectivity index (χ2v) is 7.84. The van der Waals surface area contributed by atoms with E-state index in [-0.39, 0.29) is 17.5 Å². The third kappa shape index (κ3) is 4.85. The molecule has 0 aliphatic rings. The number of aromatic nitrogens is 2. The van der Waals surface area contributed by atoms with Gasteiger partial charge in [0.15, 0.2) is 0 Å². The van der Waals surface area contributed by atoms with Gasteiger partial charge in [-0.3, -0.25) is 4.79 Å². The average Bonchev–Trinajstić information content (AvgIpc) is 3.16. The molecule has 1 aromatic heterocycles. The number of nitrogens with one attached hydrogen (secondary N) is 1. The van der Waals surface area contributed by atoms with Crippen LogP contribution in [0.4, 0.5) is 8.78 Å². The first kappa shape index (κ1) is 21.7. The van der Waals surface area contributed by atoms with E-state index in [2.05, 4.69) is 5.32 Å². The molecule has 32 heavy (non-hydrogen) atoms. The molecule has 1 amide bonds. The topological polar surface area (TPSA) is 46.9 Å². The largest absolute Gasteiger partial charge is 0.350 e. The zero-order chi connectivity index (χ0) is 22.5.